The van der Waals surface area contributed by atoms with Gasteiger partial charge in [0.1, 0.15) is 0 Å². The summed E-state index contributed by atoms with van der Waals surface area (Å²) in [5, 5.41) is 3.46. The highest BCUT2D eigenvalue weighted by molar-refractivity contribution is 7.91. The lowest BCUT2D eigenvalue weighted by Crippen LogP contribution is -2.50. The second kappa shape index (κ2) is 5.57. The van der Waals surface area contributed by atoms with Crippen molar-refractivity contribution >= 4 is 15.7 Å². The fraction of sp³-hybridized carbons (Fsp3) is 0.917. The number of nitrogens with zero attached hydrogens (tertiary/aromatic N) is 1. The van der Waals surface area contributed by atoms with E-state index in [2.05, 4.69) is 5.32 Å². The molecule has 0 aromatic carbocycles. The Morgan fingerprint density at radius 1 is 1.17 bits per heavy atom. The Kier molecular flexibility index (Phi) is 4.27. The summed E-state index contributed by atoms with van der Waals surface area (Å²) in [7, 11) is -2.83. The van der Waals surface area contributed by atoms with Crippen molar-refractivity contribution in [3.8, 4) is 0 Å². The molecule has 1 atom stereocenters. The number of carbonyl (C=O) groups excluding carboxylic acids is 1. The molecular weight excluding hydrogens is 252 g/mol. The number of carbonyl (C=O) groups is 1. The fourth-order valence-corrected chi connectivity index (χ4v) is 4.50. The minimum Gasteiger partial charge on any atom is -0.343 e. The van der Waals surface area contributed by atoms with Gasteiger partial charge in [0.05, 0.1) is 11.5 Å². The third-order valence-corrected chi connectivity index (χ3v) is 5.70. The third kappa shape index (κ3) is 3.68. The van der Waals surface area contributed by atoms with Crippen molar-refractivity contribution in [3.63, 3.8) is 0 Å². The van der Waals surface area contributed by atoms with Gasteiger partial charge in [-0.1, -0.05) is 0 Å². The van der Waals surface area contributed by atoms with Crippen LogP contribution >= 0.6 is 0 Å². The summed E-state index contributed by atoms with van der Waals surface area (Å²) in [6.45, 7) is 3.17. The second-order valence-corrected chi connectivity index (χ2v) is 7.63. The average Bonchev–Trinajstić information content (AvgIpc) is 2.28. The predicted molar refractivity (Wildman–Crippen MR) is 70.1 cm³/mol. The van der Waals surface area contributed by atoms with Gasteiger partial charge < -0.3 is 10.2 Å². The molecule has 1 N–H and O–H groups in total. The van der Waals surface area contributed by atoms with Crippen molar-refractivity contribution in [1.82, 2.24) is 10.2 Å². The standard InChI is InChI=1S/C12H22N2O3S/c1-10(15)14-6-4-11(5-7-14)13-12-3-2-8-18(16,17)9-12/h11-13H,2-9H2,1H3. The van der Waals surface area contributed by atoms with Crippen molar-refractivity contribution < 1.29 is 13.2 Å². The van der Waals surface area contributed by atoms with Gasteiger partial charge in [-0.25, -0.2) is 8.42 Å². The predicted octanol–water partition coefficient (Wildman–Crippen LogP) is 0.164. The number of nitrogens with one attached hydrogen (secondary N) is 1. The minimum absolute atomic E-state index is 0.109. The van der Waals surface area contributed by atoms with E-state index in [0.717, 1.165) is 38.8 Å². The molecule has 0 aromatic heterocycles. The van der Waals surface area contributed by atoms with E-state index in [-0.39, 0.29) is 17.7 Å². The molecule has 0 spiro atoms. The lowest BCUT2D eigenvalue weighted by atomic mass is 10.0. The Morgan fingerprint density at radius 3 is 2.39 bits per heavy atom. The van der Waals surface area contributed by atoms with E-state index in [9.17, 15) is 13.2 Å². The molecule has 0 saturated carbocycles. The maximum atomic E-state index is 11.6. The Morgan fingerprint density at radius 2 is 1.83 bits per heavy atom. The Hall–Kier alpha value is -0.620. The molecule has 2 saturated heterocycles. The van der Waals surface area contributed by atoms with Gasteiger partial charge >= 0.3 is 0 Å². The van der Waals surface area contributed by atoms with E-state index >= 15 is 0 Å². The van der Waals surface area contributed by atoms with Crippen LogP contribution in [0.15, 0.2) is 0 Å². The van der Waals surface area contributed by atoms with Crippen LogP contribution in [0.4, 0.5) is 0 Å². The number of sulfone groups is 1. The first-order chi connectivity index (χ1) is 8.46. The summed E-state index contributed by atoms with van der Waals surface area (Å²) in [6.07, 6.45) is 3.57. The summed E-state index contributed by atoms with van der Waals surface area (Å²) < 4.78 is 23.1. The number of hydrogen-bond donors (Lipinski definition) is 1. The van der Waals surface area contributed by atoms with Crippen LogP contribution in [0, 0.1) is 0 Å². The molecule has 1 amide bonds. The average molecular weight is 274 g/mol. The highest BCUT2D eigenvalue weighted by atomic mass is 32.2. The maximum Gasteiger partial charge on any atom is 0.219 e. The number of likely N-dealkylation sites (tertiary alicyclic amines) is 1. The first kappa shape index (κ1) is 13.8. The Labute approximate surface area is 109 Å². The molecule has 2 rings (SSSR count). The normalized spacial score (nSPS) is 29.2. The summed E-state index contributed by atoms with van der Waals surface area (Å²) in [5.41, 5.74) is 0. The molecule has 0 aromatic rings. The quantitative estimate of drug-likeness (QED) is 0.779. The first-order valence-electron chi connectivity index (χ1n) is 6.68. The molecule has 6 heteroatoms. The highest BCUT2D eigenvalue weighted by Crippen LogP contribution is 2.16. The van der Waals surface area contributed by atoms with Crippen LogP contribution in [0.25, 0.3) is 0 Å². The summed E-state index contributed by atoms with van der Waals surface area (Å²) in [6, 6.07) is 0.469. The molecule has 1 unspecified atom stereocenters. The SMILES string of the molecule is CC(=O)N1CCC(NC2CCCS(=O)(=O)C2)CC1. The summed E-state index contributed by atoms with van der Waals surface area (Å²) in [5.74, 6) is 0.752. The van der Waals surface area contributed by atoms with E-state index < -0.39 is 9.84 Å². The van der Waals surface area contributed by atoms with E-state index in [1.165, 1.54) is 0 Å². The Balaban J connectivity index is 1.79. The van der Waals surface area contributed by atoms with Crippen LogP contribution in [-0.2, 0) is 14.6 Å². The van der Waals surface area contributed by atoms with Crippen molar-refractivity contribution in [2.24, 2.45) is 0 Å². The molecule has 2 fully saturated rings. The van der Waals surface area contributed by atoms with Crippen LogP contribution in [-0.4, -0.2) is 55.9 Å². The van der Waals surface area contributed by atoms with Crippen molar-refractivity contribution in [2.75, 3.05) is 24.6 Å². The zero-order valence-electron chi connectivity index (χ0n) is 10.9. The van der Waals surface area contributed by atoms with Gasteiger partial charge in [-0.15, -0.1) is 0 Å². The van der Waals surface area contributed by atoms with E-state index in [1.807, 2.05) is 4.90 Å². The van der Waals surface area contributed by atoms with Crippen LogP contribution < -0.4 is 5.32 Å². The van der Waals surface area contributed by atoms with Crippen molar-refractivity contribution in [3.05, 3.63) is 0 Å². The number of rotatable bonds is 2. The largest absolute Gasteiger partial charge is 0.343 e. The van der Waals surface area contributed by atoms with Crippen LogP contribution in [0.2, 0.25) is 0 Å². The maximum absolute atomic E-state index is 11.6. The Bertz CT molecular complexity index is 400. The summed E-state index contributed by atoms with van der Waals surface area (Å²) >= 11 is 0. The number of hydrogen-bond acceptors (Lipinski definition) is 4. The van der Waals surface area contributed by atoms with Crippen molar-refractivity contribution in [2.45, 2.75) is 44.7 Å². The van der Waals surface area contributed by atoms with Gasteiger partial charge in [0.15, 0.2) is 9.84 Å². The van der Waals surface area contributed by atoms with Gasteiger partial charge in [0.2, 0.25) is 5.91 Å². The smallest absolute Gasteiger partial charge is 0.219 e. The van der Waals surface area contributed by atoms with Gasteiger partial charge in [0, 0.05) is 32.1 Å². The zero-order chi connectivity index (χ0) is 13.2. The second-order valence-electron chi connectivity index (χ2n) is 5.40. The number of piperidine rings is 1. The van der Waals surface area contributed by atoms with Crippen molar-refractivity contribution in [1.29, 1.82) is 0 Å². The molecule has 2 aliphatic heterocycles. The fourth-order valence-electron chi connectivity index (χ4n) is 2.85. The molecule has 2 aliphatic rings. The zero-order valence-corrected chi connectivity index (χ0v) is 11.7. The molecular formula is C12H22N2O3S. The molecule has 0 aliphatic carbocycles. The van der Waals surface area contributed by atoms with Gasteiger partial charge in [-0.05, 0) is 25.7 Å². The molecule has 0 bridgehead atoms. The lowest BCUT2D eigenvalue weighted by Gasteiger charge is -2.35. The monoisotopic (exact) mass is 274 g/mol. The van der Waals surface area contributed by atoms with Gasteiger partial charge in [0.25, 0.3) is 0 Å². The highest BCUT2D eigenvalue weighted by Gasteiger charge is 2.28. The summed E-state index contributed by atoms with van der Waals surface area (Å²) in [4.78, 5) is 13.1. The van der Waals surface area contributed by atoms with E-state index in [0.29, 0.717) is 11.8 Å². The molecule has 18 heavy (non-hydrogen) atoms. The van der Waals surface area contributed by atoms with Gasteiger partial charge in [-0.3, -0.25) is 4.79 Å². The van der Waals surface area contributed by atoms with Crippen LogP contribution in [0.5, 0.6) is 0 Å². The van der Waals surface area contributed by atoms with E-state index in [1.54, 1.807) is 6.92 Å². The number of amides is 1. The molecule has 104 valence electrons. The topological polar surface area (TPSA) is 66.5 Å². The van der Waals surface area contributed by atoms with E-state index in [4.69, 9.17) is 0 Å². The molecule has 0 radical (unpaired) electrons. The van der Waals surface area contributed by atoms with Gasteiger partial charge in [-0.2, -0.15) is 0 Å². The lowest BCUT2D eigenvalue weighted by molar-refractivity contribution is -0.129. The van der Waals surface area contributed by atoms with Crippen LogP contribution in [0.3, 0.4) is 0 Å². The molecule has 5 nitrogen and oxygen atoms in total. The third-order valence-electron chi connectivity index (χ3n) is 3.87. The first-order valence-corrected chi connectivity index (χ1v) is 8.50. The van der Waals surface area contributed by atoms with Crippen LogP contribution in [0.1, 0.15) is 32.6 Å². The minimum atomic E-state index is -2.83. The molecule has 2 heterocycles.